The molecule has 0 aliphatic rings. The van der Waals surface area contributed by atoms with Gasteiger partial charge in [0.1, 0.15) is 0 Å². The van der Waals surface area contributed by atoms with Crippen molar-refractivity contribution in [2.24, 2.45) is 5.92 Å². The summed E-state index contributed by atoms with van der Waals surface area (Å²) < 4.78 is 0. The molecule has 0 heterocycles. The number of hydrogen-bond donors (Lipinski definition) is 3. The highest BCUT2D eigenvalue weighted by atomic mass is 14.8. The SMILES string of the molecule is CC.CCCNCC.CCNCC.CCNCC(C)C. The zero-order valence-corrected chi connectivity index (χ0v) is 16.0. The molecule has 0 fully saturated rings. The van der Waals surface area contributed by atoms with E-state index in [4.69, 9.17) is 0 Å². The Hall–Kier alpha value is -0.120. The molecule has 0 unspecified atom stereocenters. The first-order valence-electron chi connectivity index (χ1n) is 8.72. The summed E-state index contributed by atoms with van der Waals surface area (Å²) in [5.74, 6) is 0.792. The van der Waals surface area contributed by atoms with Gasteiger partial charge in [0.25, 0.3) is 0 Å². The molecule has 0 amide bonds. The minimum absolute atomic E-state index is 0.792. The zero-order chi connectivity index (χ0) is 16.6. The molecule has 0 bridgehead atoms. The molecule has 0 aromatic heterocycles. The Bertz CT molecular complexity index is 100. The summed E-state index contributed by atoms with van der Waals surface area (Å²) in [5.41, 5.74) is 0. The number of nitrogens with one attached hydrogen (secondary N) is 3. The number of rotatable bonds is 8. The van der Waals surface area contributed by atoms with E-state index in [1.54, 1.807) is 0 Å². The second-order valence-electron chi connectivity index (χ2n) is 4.51. The van der Waals surface area contributed by atoms with Gasteiger partial charge < -0.3 is 16.0 Å². The van der Waals surface area contributed by atoms with E-state index < -0.39 is 0 Å². The van der Waals surface area contributed by atoms with E-state index >= 15 is 0 Å². The summed E-state index contributed by atoms with van der Waals surface area (Å²) in [6, 6.07) is 0. The van der Waals surface area contributed by atoms with Gasteiger partial charge in [-0.25, -0.2) is 0 Å². The maximum atomic E-state index is 3.25. The van der Waals surface area contributed by atoms with E-state index in [9.17, 15) is 0 Å². The molecule has 0 aliphatic carbocycles. The molecule has 0 atom stereocenters. The maximum absolute atomic E-state index is 3.25. The average Bonchev–Trinajstić information content (AvgIpc) is 2.47. The second-order valence-corrected chi connectivity index (χ2v) is 4.51. The second kappa shape index (κ2) is 36.4. The van der Waals surface area contributed by atoms with Crippen LogP contribution in [0.15, 0.2) is 0 Å². The van der Waals surface area contributed by atoms with Gasteiger partial charge in [0, 0.05) is 0 Å². The summed E-state index contributed by atoms with van der Waals surface area (Å²) >= 11 is 0. The Balaban J connectivity index is -0.0000000913. The Morgan fingerprint density at radius 2 is 1.05 bits per heavy atom. The van der Waals surface area contributed by atoms with Crippen molar-refractivity contribution in [2.75, 3.05) is 39.3 Å². The first-order valence-corrected chi connectivity index (χ1v) is 8.72. The molecule has 0 rings (SSSR count). The van der Waals surface area contributed by atoms with Crippen LogP contribution >= 0.6 is 0 Å². The van der Waals surface area contributed by atoms with Crippen LogP contribution < -0.4 is 16.0 Å². The molecule has 128 valence electrons. The topological polar surface area (TPSA) is 36.1 Å². The van der Waals surface area contributed by atoms with Crippen LogP contribution in [0.1, 0.15) is 68.7 Å². The standard InChI is InChI=1S/C6H15N.C5H13N.C4H11N.C2H6/c1-4-7-5-6(2)3;1-3-5-6-4-2;1-3-5-4-2;1-2/h6-7H,4-5H2,1-3H3;6H,3-5H2,1-2H3;5H,3-4H2,1-2H3;1-2H3. The predicted molar refractivity (Wildman–Crippen MR) is 97.8 cm³/mol. The number of hydrogen-bond acceptors (Lipinski definition) is 3. The van der Waals surface area contributed by atoms with Crippen molar-refractivity contribution in [3.8, 4) is 0 Å². The molecular weight excluding hydrogens is 246 g/mol. The van der Waals surface area contributed by atoms with Crippen molar-refractivity contribution >= 4 is 0 Å². The van der Waals surface area contributed by atoms with Crippen molar-refractivity contribution in [2.45, 2.75) is 68.7 Å². The van der Waals surface area contributed by atoms with E-state index in [-0.39, 0.29) is 0 Å². The van der Waals surface area contributed by atoms with Gasteiger partial charge in [-0.3, -0.25) is 0 Å². The van der Waals surface area contributed by atoms with Gasteiger partial charge in [-0.05, 0) is 51.6 Å². The summed E-state index contributed by atoms with van der Waals surface area (Å²) in [6.07, 6.45) is 1.24. The van der Waals surface area contributed by atoms with Gasteiger partial charge >= 0.3 is 0 Å². The Kier molecular flexibility index (Phi) is 51.1. The molecule has 3 nitrogen and oxygen atoms in total. The predicted octanol–water partition coefficient (Wildman–Crippen LogP) is 3.90. The third-order valence-electron chi connectivity index (χ3n) is 1.98. The Morgan fingerprint density at radius 3 is 1.15 bits per heavy atom. The molecule has 0 aliphatic heterocycles. The summed E-state index contributed by atoms with van der Waals surface area (Å²) in [5, 5.41) is 9.56. The van der Waals surface area contributed by atoms with E-state index in [0.717, 1.165) is 45.2 Å². The molecular formula is C17H45N3. The van der Waals surface area contributed by atoms with Gasteiger partial charge in [-0.15, -0.1) is 0 Å². The molecule has 0 spiro atoms. The molecule has 0 saturated heterocycles. The fourth-order valence-corrected chi connectivity index (χ4v) is 1.04. The lowest BCUT2D eigenvalue weighted by molar-refractivity contribution is 0.566. The molecule has 0 aromatic rings. The molecule has 3 N–H and O–H groups in total. The van der Waals surface area contributed by atoms with Crippen molar-refractivity contribution in [1.82, 2.24) is 16.0 Å². The van der Waals surface area contributed by atoms with E-state index in [1.165, 1.54) is 6.42 Å². The van der Waals surface area contributed by atoms with E-state index in [1.807, 2.05) is 13.8 Å². The van der Waals surface area contributed by atoms with E-state index in [0.29, 0.717) is 0 Å². The van der Waals surface area contributed by atoms with Crippen molar-refractivity contribution < 1.29 is 0 Å². The lowest BCUT2D eigenvalue weighted by atomic mass is 10.2. The average molecular weight is 292 g/mol. The normalized spacial score (nSPS) is 8.70. The Morgan fingerprint density at radius 1 is 0.650 bits per heavy atom. The van der Waals surface area contributed by atoms with Crippen LogP contribution in [0.4, 0.5) is 0 Å². The first kappa shape index (κ1) is 28.1. The lowest BCUT2D eigenvalue weighted by Gasteiger charge is -2.01. The van der Waals surface area contributed by atoms with Crippen LogP contribution in [0.25, 0.3) is 0 Å². The fourth-order valence-electron chi connectivity index (χ4n) is 1.04. The molecule has 3 heteroatoms. The van der Waals surface area contributed by atoms with Crippen LogP contribution in [0.2, 0.25) is 0 Å². The van der Waals surface area contributed by atoms with E-state index in [2.05, 4.69) is 64.4 Å². The van der Waals surface area contributed by atoms with Gasteiger partial charge in [-0.2, -0.15) is 0 Å². The van der Waals surface area contributed by atoms with Gasteiger partial charge in [-0.1, -0.05) is 62.3 Å². The smallest absolute Gasteiger partial charge is 0.00259 e. The van der Waals surface area contributed by atoms with Crippen LogP contribution in [-0.4, -0.2) is 39.3 Å². The largest absolute Gasteiger partial charge is 0.317 e. The van der Waals surface area contributed by atoms with Crippen LogP contribution in [-0.2, 0) is 0 Å². The lowest BCUT2D eigenvalue weighted by Crippen LogP contribution is -2.18. The molecule has 20 heavy (non-hydrogen) atoms. The summed E-state index contributed by atoms with van der Waals surface area (Å²) in [4.78, 5) is 0. The summed E-state index contributed by atoms with van der Waals surface area (Å²) in [6.45, 7) is 25.7. The van der Waals surface area contributed by atoms with Crippen LogP contribution in [0.5, 0.6) is 0 Å². The minimum Gasteiger partial charge on any atom is -0.317 e. The highest BCUT2D eigenvalue weighted by Gasteiger charge is 1.87. The molecule has 0 radical (unpaired) electrons. The van der Waals surface area contributed by atoms with Crippen molar-refractivity contribution in [1.29, 1.82) is 0 Å². The quantitative estimate of drug-likeness (QED) is 0.594. The van der Waals surface area contributed by atoms with Gasteiger partial charge in [0.15, 0.2) is 0 Å². The van der Waals surface area contributed by atoms with Crippen LogP contribution in [0, 0.1) is 5.92 Å². The third kappa shape index (κ3) is 64.6. The Labute approximate surface area is 130 Å². The van der Waals surface area contributed by atoms with Crippen molar-refractivity contribution in [3.63, 3.8) is 0 Å². The van der Waals surface area contributed by atoms with Gasteiger partial charge in [0.05, 0.1) is 0 Å². The molecule has 0 saturated carbocycles. The molecule has 0 aromatic carbocycles. The zero-order valence-electron chi connectivity index (χ0n) is 16.0. The minimum atomic E-state index is 0.792. The van der Waals surface area contributed by atoms with Crippen molar-refractivity contribution in [3.05, 3.63) is 0 Å². The summed E-state index contributed by atoms with van der Waals surface area (Å²) in [7, 11) is 0. The third-order valence-corrected chi connectivity index (χ3v) is 1.98. The van der Waals surface area contributed by atoms with Crippen LogP contribution in [0.3, 0.4) is 0 Å². The highest BCUT2D eigenvalue weighted by Crippen LogP contribution is 1.84. The fraction of sp³-hybridized carbons (Fsp3) is 1.00. The maximum Gasteiger partial charge on any atom is -0.00259 e. The monoisotopic (exact) mass is 291 g/mol. The first-order chi connectivity index (χ1) is 9.60. The van der Waals surface area contributed by atoms with Gasteiger partial charge in [0.2, 0.25) is 0 Å². The highest BCUT2D eigenvalue weighted by molar-refractivity contribution is 4.46.